The molecule has 216 valence electrons. The van der Waals surface area contributed by atoms with E-state index in [4.69, 9.17) is 11.6 Å². The topological polar surface area (TPSA) is 71.4 Å². The molecule has 5 aliphatic rings. The zero-order valence-corrected chi connectivity index (χ0v) is 25.4. The lowest BCUT2D eigenvalue weighted by Crippen LogP contribution is -2.48. The number of thioether (sulfide) groups is 1. The van der Waals surface area contributed by atoms with Crippen LogP contribution in [0.2, 0.25) is 5.02 Å². The van der Waals surface area contributed by atoms with Gasteiger partial charge in [-0.2, -0.15) is 0 Å². The van der Waals surface area contributed by atoms with Crippen LogP contribution in [0.5, 0.6) is 0 Å². The number of carbonyl (C=O) groups excluding carboxylic acids is 3. The van der Waals surface area contributed by atoms with Gasteiger partial charge < -0.3 is 9.88 Å². The van der Waals surface area contributed by atoms with E-state index in [-0.39, 0.29) is 6.54 Å². The van der Waals surface area contributed by atoms with Gasteiger partial charge in [0.15, 0.2) is 0 Å². The molecule has 4 bridgehead atoms. The van der Waals surface area contributed by atoms with Crippen molar-refractivity contribution >= 4 is 52.2 Å². The van der Waals surface area contributed by atoms with Crippen LogP contribution in [-0.4, -0.2) is 33.1 Å². The standard InChI is InChI=1S/C34H34ClN3O3S/c1-20-11-25(15-30-32(40)37(33(41)42-30)19-31(39)36-29-6-4-3-5-28(29)35)21(2)38(20)27-9-7-26(8-10-27)34-16-22-12-23(17-34)14-24(13-22)18-34/h3-11,15,22-24H,12-14,16-19H2,1-2H3,(H,36,39)/b30-15+. The van der Waals surface area contributed by atoms with Crippen LogP contribution in [0.3, 0.4) is 0 Å². The van der Waals surface area contributed by atoms with Gasteiger partial charge in [0.05, 0.1) is 15.6 Å². The van der Waals surface area contributed by atoms with Crippen LogP contribution in [0.4, 0.5) is 10.5 Å². The predicted octanol–water partition coefficient (Wildman–Crippen LogP) is 7.89. The van der Waals surface area contributed by atoms with E-state index in [1.165, 1.54) is 44.1 Å². The van der Waals surface area contributed by atoms with E-state index in [9.17, 15) is 14.4 Å². The van der Waals surface area contributed by atoms with Crippen molar-refractivity contribution in [3.8, 4) is 5.69 Å². The van der Waals surface area contributed by atoms with Crippen molar-refractivity contribution in [1.82, 2.24) is 9.47 Å². The second kappa shape index (κ2) is 10.5. The summed E-state index contributed by atoms with van der Waals surface area (Å²) in [5, 5.41) is 2.60. The number of rotatable bonds is 6. The molecule has 3 aromatic rings. The van der Waals surface area contributed by atoms with Crippen LogP contribution < -0.4 is 5.32 Å². The first-order valence-electron chi connectivity index (χ1n) is 14.8. The number of aromatic nitrogens is 1. The maximum absolute atomic E-state index is 13.2. The minimum absolute atomic E-state index is 0.308. The van der Waals surface area contributed by atoms with E-state index in [1.807, 2.05) is 13.0 Å². The number of aryl methyl sites for hydroxylation is 1. The van der Waals surface area contributed by atoms with E-state index >= 15 is 0 Å². The van der Waals surface area contributed by atoms with E-state index in [1.54, 1.807) is 30.3 Å². The number of carbonyl (C=O) groups is 3. The number of imide groups is 1. The summed E-state index contributed by atoms with van der Waals surface area (Å²) >= 11 is 6.98. The lowest BCUT2D eigenvalue weighted by Gasteiger charge is -2.57. The quantitative estimate of drug-likeness (QED) is 0.292. The number of nitrogens with one attached hydrogen (secondary N) is 1. The van der Waals surface area contributed by atoms with Crippen LogP contribution in [0, 0.1) is 31.6 Å². The van der Waals surface area contributed by atoms with Gasteiger partial charge in [0, 0.05) is 17.1 Å². The van der Waals surface area contributed by atoms with Crippen molar-refractivity contribution in [1.29, 1.82) is 0 Å². The molecule has 1 N–H and O–H groups in total. The van der Waals surface area contributed by atoms with E-state index in [2.05, 4.69) is 41.1 Å². The number of benzene rings is 2. The monoisotopic (exact) mass is 599 g/mol. The third-order valence-electron chi connectivity index (χ3n) is 9.86. The Hall–Kier alpha value is -3.29. The molecule has 0 atom stereocenters. The Morgan fingerprint density at radius 3 is 2.29 bits per heavy atom. The van der Waals surface area contributed by atoms with Gasteiger partial charge in [-0.15, -0.1) is 0 Å². The molecule has 42 heavy (non-hydrogen) atoms. The molecular formula is C34H34ClN3O3S. The molecular weight excluding hydrogens is 566 g/mol. The number of nitrogens with zero attached hydrogens (tertiary/aromatic N) is 2. The highest BCUT2D eigenvalue weighted by molar-refractivity contribution is 8.18. The molecule has 5 fully saturated rings. The molecule has 2 heterocycles. The summed E-state index contributed by atoms with van der Waals surface area (Å²) in [6, 6.07) is 18.0. The smallest absolute Gasteiger partial charge is 0.294 e. The first-order valence-corrected chi connectivity index (χ1v) is 16.0. The summed E-state index contributed by atoms with van der Waals surface area (Å²) in [6.45, 7) is 3.72. The van der Waals surface area contributed by atoms with Crippen molar-refractivity contribution in [2.45, 2.75) is 57.8 Å². The third-order valence-corrected chi connectivity index (χ3v) is 11.1. The molecule has 8 rings (SSSR count). The molecule has 1 saturated heterocycles. The second-order valence-corrected chi connectivity index (χ2v) is 14.1. The summed E-state index contributed by atoms with van der Waals surface area (Å²) in [5.74, 6) is 1.79. The fraction of sp³-hybridized carbons (Fsp3) is 0.382. The summed E-state index contributed by atoms with van der Waals surface area (Å²) in [4.78, 5) is 39.7. The predicted molar refractivity (Wildman–Crippen MR) is 168 cm³/mol. The molecule has 1 aliphatic heterocycles. The fourth-order valence-corrected chi connectivity index (χ4v) is 9.44. The Morgan fingerprint density at radius 2 is 1.64 bits per heavy atom. The second-order valence-electron chi connectivity index (χ2n) is 12.7. The zero-order chi connectivity index (χ0) is 29.2. The highest BCUT2D eigenvalue weighted by atomic mass is 35.5. The van der Waals surface area contributed by atoms with Crippen LogP contribution >= 0.6 is 23.4 Å². The lowest BCUT2D eigenvalue weighted by atomic mass is 9.48. The van der Waals surface area contributed by atoms with Crippen molar-refractivity contribution in [3.05, 3.63) is 87.0 Å². The van der Waals surface area contributed by atoms with Crippen molar-refractivity contribution in [2.75, 3.05) is 11.9 Å². The van der Waals surface area contributed by atoms with Gasteiger partial charge in [-0.3, -0.25) is 19.3 Å². The van der Waals surface area contributed by atoms with Crippen LogP contribution in [-0.2, 0) is 15.0 Å². The highest BCUT2D eigenvalue weighted by Crippen LogP contribution is 2.60. The Kier molecular flexibility index (Phi) is 6.86. The summed E-state index contributed by atoms with van der Waals surface area (Å²) in [6.07, 6.45) is 10.1. The maximum atomic E-state index is 13.2. The van der Waals surface area contributed by atoms with Crippen molar-refractivity contribution in [2.24, 2.45) is 17.8 Å². The Labute approximate surface area is 255 Å². The third kappa shape index (κ3) is 4.80. The summed E-state index contributed by atoms with van der Waals surface area (Å²) in [7, 11) is 0. The maximum Gasteiger partial charge on any atom is 0.294 e. The largest absolute Gasteiger partial charge is 0.323 e. The molecule has 2 aromatic carbocycles. The van der Waals surface area contributed by atoms with Gasteiger partial charge >= 0.3 is 0 Å². The Morgan fingerprint density at radius 1 is 1.00 bits per heavy atom. The molecule has 4 aliphatic carbocycles. The van der Waals surface area contributed by atoms with E-state index < -0.39 is 17.1 Å². The number of amides is 3. The molecule has 3 amide bonds. The van der Waals surface area contributed by atoms with Gasteiger partial charge in [0.25, 0.3) is 11.1 Å². The van der Waals surface area contributed by atoms with Gasteiger partial charge in [-0.25, -0.2) is 0 Å². The van der Waals surface area contributed by atoms with Crippen molar-refractivity contribution < 1.29 is 14.4 Å². The molecule has 0 radical (unpaired) electrons. The van der Waals surface area contributed by atoms with Crippen LogP contribution in [0.15, 0.2) is 59.5 Å². The van der Waals surface area contributed by atoms with Crippen LogP contribution in [0.25, 0.3) is 11.8 Å². The highest BCUT2D eigenvalue weighted by Gasteiger charge is 2.51. The van der Waals surface area contributed by atoms with Crippen LogP contribution in [0.1, 0.15) is 61.0 Å². The summed E-state index contributed by atoms with van der Waals surface area (Å²) < 4.78 is 2.20. The number of para-hydroxylation sites is 1. The molecule has 1 aromatic heterocycles. The van der Waals surface area contributed by atoms with E-state index in [0.29, 0.717) is 21.0 Å². The first kappa shape index (κ1) is 27.5. The average molecular weight is 600 g/mol. The zero-order valence-electron chi connectivity index (χ0n) is 23.9. The normalized spacial score (nSPS) is 27.4. The molecule has 0 unspecified atom stereocenters. The average Bonchev–Trinajstić information content (AvgIpc) is 3.37. The summed E-state index contributed by atoms with van der Waals surface area (Å²) in [5.41, 5.74) is 6.33. The van der Waals surface area contributed by atoms with Gasteiger partial charge in [-0.05, 0) is 135 Å². The molecule has 6 nitrogen and oxygen atoms in total. The van der Waals surface area contributed by atoms with Crippen molar-refractivity contribution in [3.63, 3.8) is 0 Å². The van der Waals surface area contributed by atoms with E-state index in [0.717, 1.165) is 57.1 Å². The fourth-order valence-electron chi connectivity index (χ4n) is 8.43. The van der Waals surface area contributed by atoms with Gasteiger partial charge in [-0.1, -0.05) is 35.9 Å². The first-order chi connectivity index (χ1) is 20.2. The Balaban J connectivity index is 1.08. The molecule has 0 spiro atoms. The van der Waals surface area contributed by atoms with Gasteiger partial charge in [0.2, 0.25) is 5.91 Å². The Bertz CT molecular complexity index is 1600. The number of hydrogen-bond donors (Lipinski definition) is 1. The number of anilines is 1. The molecule has 4 saturated carbocycles. The minimum atomic E-state index is -0.484. The minimum Gasteiger partial charge on any atom is -0.323 e. The van der Waals surface area contributed by atoms with Gasteiger partial charge in [0.1, 0.15) is 6.54 Å². The lowest BCUT2D eigenvalue weighted by molar-refractivity contribution is -0.127. The number of halogens is 1. The SMILES string of the molecule is Cc1cc(/C=C2/SC(=O)N(CC(=O)Nc3ccccc3Cl)C2=O)c(C)n1-c1ccc(C23CC4CC(CC(C4)C2)C3)cc1. The number of hydrogen-bond acceptors (Lipinski definition) is 4. The molecule has 8 heteroatoms.